The summed E-state index contributed by atoms with van der Waals surface area (Å²) in [5, 5.41) is 0.409. The molecule has 2 aromatic carbocycles. The van der Waals surface area contributed by atoms with Gasteiger partial charge >= 0.3 is 0 Å². The van der Waals surface area contributed by atoms with E-state index in [1.165, 1.54) is 12.1 Å². The van der Waals surface area contributed by atoms with E-state index < -0.39 is 0 Å². The second kappa shape index (κ2) is 6.66. The summed E-state index contributed by atoms with van der Waals surface area (Å²) in [4.78, 5) is 0. The molecule has 0 aliphatic heterocycles. The van der Waals surface area contributed by atoms with Gasteiger partial charge in [-0.2, -0.15) is 0 Å². The molecule has 0 amide bonds. The van der Waals surface area contributed by atoms with Gasteiger partial charge in [-0.15, -0.1) is 0 Å². The zero-order valence-corrected chi connectivity index (χ0v) is 11.2. The van der Waals surface area contributed by atoms with E-state index in [0.29, 0.717) is 24.8 Å². The Morgan fingerprint density at radius 1 is 1.11 bits per heavy atom. The van der Waals surface area contributed by atoms with Gasteiger partial charge in [0.2, 0.25) is 0 Å². The average molecular weight is 280 g/mol. The molecule has 0 heterocycles. The third kappa shape index (κ3) is 3.77. The lowest BCUT2D eigenvalue weighted by Crippen LogP contribution is -2.08. The summed E-state index contributed by atoms with van der Waals surface area (Å²) in [6, 6.07) is 12.2. The van der Waals surface area contributed by atoms with Crippen LogP contribution in [0.3, 0.4) is 0 Å². The van der Waals surface area contributed by atoms with Gasteiger partial charge in [-0.3, -0.25) is 0 Å². The lowest BCUT2D eigenvalue weighted by atomic mass is 10.0. The van der Waals surface area contributed by atoms with Crippen LogP contribution in [-0.2, 0) is 11.3 Å². The Bertz CT molecular complexity index is 542. The third-order valence-electron chi connectivity index (χ3n) is 2.73. The van der Waals surface area contributed by atoms with E-state index in [2.05, 4.69) is 0 Å². The molecule has 4 heteroatoms. The fourth-order valence-electron chi connectivity index (χ4n) is 1.78. The normalized spacial score (nSPS) is 10.7. The number of benzene rings is 2. The Hall–Kier alpha value is -1.42. The van der Waals surface area contributed by atoms with Crippen molar-refractivity contribution in [2.75, 3.05) is 13.2 Å². The van der Waals surface area contributed by atoms with Crippen molar-refractivity contribution in [1.82, 2.24) is 0 Å². The van der Waals surface area contributed by atoms with Crippen LogP contribution in [-0.4, -0.2) is 13.2 Å². The molecule has 0 aromatic heterocycles. The van der Waals surface area contributed by atoms with Crippen LogP contribution >= 0.6 is 11.6 Å². The predicted molar refractivity (Wildman–Crippen MR) is 75.6 cm³/mol. The lowest BCUT2D eigenvalue weighted by molar-refractivity contribution is 0.128. The van der Waals surface area contributed by atoms with E-state index in [9.17, 15) is 4.39 Å². The van der Waals surface area contributed by atoms with Crippen molar-refractivity contribution in [3.63, 3.8) is 0 Å². The molecular formula is C15H15ClFNO. The SMILES string of the molecule is NCCOCc1ccc(-c2ccc(F)cc2Cl)cc1. The van der Waals surface area contributed by atoms with Gasteiger partial charge in [0.05, 0.1) is 18.2 Å². The molecule has 2 rings (SSSR count). The number of hydrogen-bond donors (Lipinski definition) is 1. The zero-order valence-electron chi connectivity index (χ0n) is 10.4. The molecule has 19 heavy (non-hydrogen) atoms. The van der Waals surface area contributed by atoms with E-state index in [0.717, 1.165) is 16.7 Å². The first-order valence-electron chi connectivity index (χ1n) is 6.03. The van der Waals surface area contributed by atoms with Gasteiger partial charge in [-0.25, -0.2) is 4.39 Å². The van der Waals surface area contributed by atoms with Crippen molar-refractivity contribution < 1.29 is 9.13 Å². The molecule has 0 radical (unpaired) electrons. The highest BCUT2D eigenvalue weighted by Gasteiger charge is 2.04. The van der Waals surface area contributed by atoms with Crippen LogP contribution < -0.4 is 5.73 Å². The van der Waals surface area contributed by atoms with Gasteiger partial charge in [0.25, 0.3) is 0 Å². The van der Waals surface area contributed by atoms with Crippen molar-refractivity contribution >= 4 is 11.6 Å². The molecule has 2 nitrogen and oxygen atoms in total. The van der Waals surface area contributed by atoms with Crippen LogP contribution in [0.1, 0.15) is 5.56 Å². The first-order valence-corrected chi connectivity index (χ1v) is 6.40. The minimum absolute atomic E-state index is 0.333. The number of rotatable bonds is 5. The maximum absolute atomic E-state index is 13.0. The van der Waals surface area contributed by atoms with Crippen LogP contribution in [0.15, 0.2) is 42.5 Å². The monoisotopic (exact) mass is 279 g/mol. The third-order valence-corrected chi connectivity index (χ3v) is 3.04. The maximum atomic E-state index is 13.0. The highest BCUT2D eigenvalue weighted by atomic mass is 35.5. The first kappa shape index (κ1) is 14.0. The molecule has 0 saturated heterocycles. The summed E-state index contributed by atoms with van der Waals surface area (Å²) in [6.07, 6.45) is 0. The van der Waals surface area contributed by atoms with Crippen LogP contribution in [0.4, 0.5) is 4.39 Å². The van der Waals surface area contributed by atoms with Gasteiger partial charge in [0.1, 0.15) is 5.82 Å². The van der Waals surface area contributed by atoms with Crippen molar-refractivity contribution in [3.8, 4) is 11.1 Å². The minimum Gasteiger partial charge on any atom is -0.375 e. The van der Waals surface area contributed by atoms with Crippen LogP contribution in [0, 0.1) is 5.82 Å². The Kier molecular flexibility index (Phi) is 4.91. The average Bonchev–Trinajstić information content (AvgIpc) is 2.40. The highest BCUT2D eigenvalue weighted by Crippen LogP contribution is 2.28. The van der Waals surface area contributed by atoms with Crippen molar-refractivity contribution in [1.29, 1.82) is 0 Å². The summed E-state index contributed by atoms with van der Waals surface area (Å²) < 4.78 is 18.3. The molecule has 100 valence electrons. The number of hydrogen-bond acceptors (Lipinski definition) is 2. The molecule has 0 unspecified atom stereocenters. The summed E-state index contributed by atoms with van der Waals surface area (Å²) >= 11 is 6.03. The molecule has 0 fully saturated rings. The fraction of sp³-hybridized carbons (Fsp3) is 0.200. The van der Waals surface area contributed by atoms with Gasteiger partial charge in [-0.1, -0.05) is 35.9 Å². The summed E-state index contributed by atoms with van der Waals surface area (Å²) in [5.41, 5.74) is 8.19. The lowest BCUT2D eigenvalue weighted by Gasteiger charge is -2.07. The fourth-order valence-corrected chi connectivity index (χ4v) is 2.05. The van der Waals surface area contributed by atoms with Crippen LogP contribution in [0.5, 0.6) is 0 Å². The molecule has 2 N–H and O–H groups in total. The Morgan fingerprint density at radius 3 is 2.47 bits per heavy atom. The van der Waals surface area contributed by atoms with E-state index in [1.807, 2.05) is 24.3 Å². The van der Waals surface area contributed by atoms with Gasteiger partial charge in [-0.05, 0) is 29.3 Å². The number of ether oxygens (including phenoxy) is 1. The number of halogens is 2. The first-order chi connectivity index (χ1) is 9.20. The van der Waals surface area contributed by atoms with Crippen molar-refractivity contribution in [2.45, 2.75) is 6.61 Å². The topological polar surface area (TPSA) is 35.2 Å². The van der Waals surface area contributed by atoms with Crippen molar-refractivity contribution in [2.24, 2.45) is 5.73 Å². The van der Waals surface area contributed by atoms with Crippen LogP contribution in [0.2, 0.25) is 5.02 Å². The highest BCUT2D eigenvalue weighted by molar-refractivity contribution is 6.33. The second-order valence-electron chi connectivity index (χ2n) is 4.16. The molecule has 0 aliphatic rings. The van der Waals surface area contributed by atoms with E-state index in [-0.39, 0.29) is 5.82 Å². The Morgan fingerprint density at radius 2 is 1.84 bits per heavy atom. The standard InChI is InChI=1S/C15H15ClFNO/c16-15-9-13(17)5-6-14(15)12-3-1-11(2-4-12)10-19-8-7-18/h1-6,9H,7-8,10,18H2. The maximum Gasteiger partial charge on any atom is 0.124 e. The van der Waals surface area contributed by atoms with E-state index in [1.54, 1.807) is 6.07 Å². The Balaban J connectivity index is 2.13. The zero-order chi connectivity index (χ0) is 13.7. The van der Waals surface area contributed by atoms with Gasteiger partial charge in [0, 0.05) is 12.1 Å². The summed E-state index contributed by atoms with van der Waals surface area (Å²) in [5.74, 6) is -0.333. The predicted octanol–water partition coefficient (Wildman–Crippen LogP) is 3.62. The molecular weight excluding hydrogens is 265 g/mol. The molecule has 0 atom stereocenters. The molecule has 0 bridgehead atoms. The molecule has 0 spiro atoms. The largest absolute Gasteiger partial charge is 0.375 e. The van der Waals surface area contributed by atoms with Gasteiger partial charge < -0.3 is 10.5 Å². The molecule has 0 aliphatic carbocycles. The molecule has 0 saturated carbocycles. The van der Waals surface area contributed by atoms with E-state index in [4.69, 9.17) is 22.1 Å². The number of nitrogens with two attached hydrogens (primary N) is 1. The summed E-state index contributed by atoms with van der Waals surface area (Å²) in [7, 11) is 0. The quantitative estimate of drug-likeness (QED) is 0.849. The van der Waals surface area contributed by atoms with Crippen molar-refractivity contribution in [3.05, 3.63) is 58.9 Å². The Labute approximate surface area is 117 Å². The van der Waals surface area contributed by atoms with E-state index >= 15 is 0 Å². The summed E-state index contributed by atoms with van der Waals surface area (Å²) in [6.45, 7) is 1.60. The second-order valence-corrected chi connectivity index (χ2v) is 4.57. The molecule has 2 aromatic rings. The minimum atomic E-state index is -0.333. The van der Waals surface area contributed by atoms with Crippen LogP contribution in [0.25, 0.3) is 11.1 Å². The van der Waals surface area contributed by atoms with Gasteiger partial charge in [0.15, 0.2) is 0 Å². The smallest absolute Gasteiger partial charge is 0.124 e.